The van der Waals surface area contributed by atoms with E-state index < -0.39 is 8.56 Å². The molecule has 0 heterocycles. The average Bonchev–Trinajstić information content (AvgIpc) is 2.67. The molecule has 0 aliphatic heterocycles. The van der Waals surface area contributed by atoms with Gasteiger partial charge in [0.15, 0.2) is 0 Å². The molecule has 0 aromatic heterocycles. The Labute approximate surface area is 152 Å². The fourth-order valence-corrected chi connectivity index (χ4v) is 6.74. The van der Waals surface area contributed by atoms with Gasteiger partial charge in [-0.25, -0.2) is 0 Å². The SMILES string of the molecule is C=CC1=C(C)CCCC1O[Si](OC)(c1ccccc1)c1ccccc1. The van der Waals surface area contributed by atoms with Crippen LogP contribution in [0, 0.1) is 0 Å². The van der Waals surface area contributed by atoms with Crippen LogP contribution in [-0.2, 0) is 8.85 Å². The van der Waals surface area contributed by atoms with Gasteiger partial charge in [0.25, 0.3) is 0 Å². The second kappa shape index (κ2) is 7.96. The largest absolute Gasteiger partial charge is 0.407 e. The van der Waals surface area contributed by atoms with Crippen LogP contribution in [0.2, 0.25) is 0 Å². The van der Waals surface area contributed by atoms with Crippen LogP contribution in [0.3, 0.4) is 0 Å². The van der Waals surface area contributed by atoms with Gasteiger partial charge in [0.1, 0.15) is 0 Å². The van der Waals surface area contributed by atoms with Gasteiger partial charge in [-0.3, -0.25) is 0 Å². The van der Waals surface area contributed by atoms with Crippen molar-refractivity contribution in [2.75, 3.05) is 7.11 Å². The lowest BCUT2D eigenvalue weighted by Gasteiger charge is -2.36. The second-order valence-corrected chi connectivity index (χ2v) is 9.52. The predicted molar refractivity (Wildman–Crippen MR) is 107 cm³/mol. The summed E-state index contributed by atoms with van der Waals surface area (Å²) in [4.78, 5) is 0. The molecule has 1 atom stereocenters. The monoisotopic (exact) mass is 350 g/mol. The molecule has 130 valence electrons. The van der Waals surface area contributed by atoms with Crippen molar-refractivity contribution in [2.24, 2.45) is 0 Å². The summed E-state index contributed by atoms with van der Waals surface area (Å²) in [5.74, 6) is 0. The first-order valence-corrected chi connectivity index (χ1v) is 10.7. The normalized spacial score (nSPS) is 18.2. The van der Waals surface area contributed by atoms with Crippen LogP contribution in [0.5, 0.6) is 0 Å². The highest BCUT2D eigenvalue weighted by Gasteiger charge is 2.44. The third-order valence-corrected chi connectivity index (χ3v) is 8.36. The van der Waals surface area contributed by atoms with Crippen LogP contribution in [-0.4, -0.2) is 21.8 Å². The van der Waals surface area contributed by atoms with Crippen molar-refractivity contribution in [3.8, 4) is 0 Å². The Hall–Kier alpha value is -1.94. The summed E-state index contributed by atoms with van der Waals surface area (Å²) in [5, 5.41) is 2.27. The standard InChI is InChI=1S/C22H26O2Si/c1-4-21-18(2)12-11-17-22(21)24-25(23-3,19-13-7-5-8-14-19)20-15-9-6-10-16-20/h4-10,13-16,22H,1,11-12,17H2,2-3H3. The smallest absolute Gasteiger partial charge is 0.391 e. The van der Waals surface area contributed by atoms with Crippen molar-refractivity contribution in [2.45, 2.75) is 32.3 Å². The summed E-state index contributed by atoms with van der Waals surface area (Å²) >= 11 is 0. The molecule has 0 saturated heterocycles. The van der Waals surface area contributed by atoms with Gasteiger partial charge in [-0.05, 0) is 42.1 Å². The van der Waals surface area contributed by atoms with Crippen LogP contribution in [0.25, 0.3) is 0 Å². The highest BCUT2D eigenvalue weighted by Crippen LogP contribution is 2.30. The second-order valence-electron chi connectivity index (χ2n) is 6.49. The maximum Gasteiger partial charge on any atom is 0.407 e. The fourth-order valence-electron chi connectivity index (χ4n) is 3.66. The molecule has 0 saturated carbocycles. The first-order chi connectivity index (χ1) is 12.2. The number of hydrogen-bond acceptors (Lipinski definition) is 2. The van der Waals surface area contributed by atoms with Crippen LogP contribution in [0.4, 0.5) is 0 Å². The summed E-state index contributed by atoms with van der Waals surface area (Å²) in [6, 6.07) is 20.8. The van der Waals surface area contributed by atoms with E-state index in [4.69, 9.17) is 8.85 Å². The molecule has 3 heteroatoms. The van der Waals surface area contributed by atoms with Crippen LogP contribution in [0.1, 0.15) is 26.2 Å². The first-order valence-electron chi connectivity index (χ1n) is 8.87. The van der Waals surface area contributed by atoms with Crippen molar-refractivity contribution in [1.82, 2.24) is 0 Å². The zero-order valence-corrected chi connectivity index (χ0v) is 16.1. The highest BCUT2D eigenvalue weighted by molar-refractivity contribution is 6.92. The third kappa shape index (κ3) is 3.54. The lowest BCUT2D eigenvalue weighted by Crippen LogP contribution is -2.64. The summed E-state index contributed by atoms with van der Waals surface area (Å²) in [6.07, 6.45) is 5.28. The molecule has 2 aromatic carbocycles. The van der Waals surface area contributed by atoms with Gasteiger partial charge in [-0.2, -0.15) is 0 Å². The summed E-state index contributed by atoms with van der Waals surface area (Å²) in [6.45, 7) is 6.21. The molecule has 1 aliphatic rings. The minimum atomic E-state index is -2.78. The molecule has 1 unspecified atom stereocenters. The number of benzene rings is 2. The first kappa shape index (κ1) is 17.9. The minimum absolute atomic E-state index is 0.0401. The number of hydrogen-bond donors (Lipinski definition) is 0. The Balaban J connectivity index is 2.09. The molecule has 0 fully saturated rings. The maximum absolute atomic E-state index is 6.86. The van der Waals surface area contributed by atoms with Gasteiger partial charge in [0.05, 0.1) is 6.10 Å². The highest BCUT2D eigenvalue weighted by atomic mass is 28.4. The van der Waals surface area contributed by atoms with Gasteiger partial charge in [-0.15, -0.1) is 0 Å². The van der Waals surface area contributed by atoms with Gasteiger partial charge in [0, 0.05) is 7.11 Å². The molecule has 0 amide bonds. The van der Waals surface area contributed by atoms with Crippen molar-refractivity contribution < 1.29 is 8.85 Å². The van der Waals surface area contributed by atoms with E-state index in [1.807, 2.05) is 18.2 Å². The molecule has 2 aromatic rings. The van der Waals surface area contributed by atoms with Crippen molar-refractivity contribution >= 4 is 18.9 Å². The van der Waals surface area contributed by atoms with E-state index in [9.17, 15) is 0 Å². The molecular formula is C22H26O2Si. The van der Waals surface area contributed by atoms with E-state index in [1.165, 1.54) is 11.1 Å². The predicted octanol–water partition coefficient (Wildman–Crippen LogP) is 3.96. The zero-order chi connectivity index (χ0) is 17.7. The lowest BCUT2D eigenvalue weighted by atomic mass is 9.90. The molecule has 0 bridgehead atoms. The Kier molecular flexibility index (Phi) is 5.69. The molecule has 0 spiro atoms. The van der Waals surface area contributed by atoms with Gasteiger partial charge >= 0.3 is 8.56 Å². The van der Waals surface area contributed by atoms with Crippen LogP contribution < -0.4 is 10.4 Å². The molecule has 2 nitrogen and oxygen atoms in total. The Morgan fingerprint density at radius 2 is 1.56 bits per heavy atom. The Morgan fingerprint density at radius 3 is 2.04 bits per heavy atom. The van der Waals surface area contributed by atoms with E-state index in [2.05, 4.69) is 62.0 Å². The summed E-state index contributed by atoms with van der Waals surface area (Å²) < 4.78 is 13.1. The van der Waals surface area contributed by atoms with Gasteiger partial charge < -0.3 is 8.85 Å². The Bertz CT molecular complexity index is 698. The lowest BCUT2D eigenvalue weighted by molar-refractivity contribution is 0.160. The van der Waals surface area contributed by atoms with Crippen molar-refractivity contribution in [3.05, 3.63) is 84.5 Å². The summed E-state index contributed by atoms with van der Waals surface area (Å²) in [5.41, 5.74) is 2.61. The molecule has 25 heavy (non-hydrogen) atoms. The number of rotatable bonds is 6. The molecule has 1 aliphatic carbocycles. The molecule has 0 N–H and O–H groups in total. The van der Waals surface area contributed by atoms with E-state index in [0.29, 0.717) is 0 Å². The van der Waals surface area contributed by atoms with Crippen LogP contribution >= 0.6 is 0 Å². The van der Waals surface area contributed by atoms with Gasteiger partial charge in [-0.1, -0.05) is 78.9 Å². The van der Waals surface area contributed by atoms with Gasteiger partial charge in [0.2, 0.25) is 0 Å². The number of allylic oxidation sites excluding steroid dienone is 1. The summed E-state index contributed by atoms with van der Waals surface area (Å²) in [7, 11) is -1.00. The third-order valence-electron chi connectivity index (χ3n) is 4.98. The van der Waals surface area contributed by atoms with E-state index in [0.717, 1.165) is 29.6 Å². The zero-order valence-electron chi connectivity index (χ0n) is 15.1. The minimum Gasteiger partial charge on any atom is -0.391 e. The van der Waals surface area contributed by atoms with Crippen molar-refractivity contribution in [3.63, 3.8) is 0 Å². The average molecular weight is 351 g/mol. The molecule has 0 radical (unpaired) electrons. The van der Waals surface area contributed by atoms with Crippen LogP contribution in [0.15, 0.2) is 84.5 Å². The van der Waals surface area contributed by atoms with E-state index >= 15 is 0 Å². The van der Waals surface area contributed by atoms with Crippen molar-refractivity contribution in [1.29, 1.82) is 0 Å². The quantitative estimate of drug-likeness (QED) is 0.734. The topological polar surface area (TPSA) is 18.5 Å². The molecule has 3 rings (SSSR count). The van der Waals surface area contributed by atoms with E-state index in [-0.39, 0.29) is 6.10 Å². The van der Waals surface area contributed by atoms with E-state index in [1.54, 1.807) is 7.11 Å². The Morgan fingerprint density at radius 1 is 1.00 bits per heavy atom. The molecular weight excluding hydrogens is 324 g/mol. The maximum atomic E-state index is 6.86. The fraction of sp³-hybridized carbons (Fsp3) is 0.273.